The first-order chi connectivity index (χ1) is 8.26. The largest absolute Gasteiger partial charge is 0.376 e. The van der Waals surface area contributed by atoms with E-state index >= 15 is 0 Å². The minimum Gasteiger partial charge on any atom is -0.376 e. The Morgan fingerprint density at radius 3 is 2.88 bits per heavy atom. The summed E-state index contributed by atoms with van der Waals surface area (Å²) in [5.41, 5.74) is 0. The summed E-state index contributed by atoms with van der Waals surface area (Å²) >= 11 is 0. The Morgan fingerprint density at radius 1 is 1.35 bits per heavy atom. The first kappa shape index (κ1) is 14.9. The van der Waals surface area contributed by atoms with Gasteiger partial charge in [-0.25, -0.2) is 0 Å². The number of rotatable bonds is 8. The van der Waals surface area contributed by atoms with Crippen molar-refractivity contribution < 1.29 is 4.74 Å². The first-order valence-corrected chi connectivity index (χ1v) is 7.33. The molecule has 1 N–H and O–H groups in total. The normalized spacial score (nSPS) is 23.8. The molecule has 0 aromatic carbocycles. The zero-order valence-electron chi connectivity index (χ0n) is 11.9. The van der Waals surface area contributed by atoms with Gasteiger partial charge in [0.1, 0.15) is 0 Å². The molecule has 1 heterocycles. The van der Waals surface area contributed by atoms with Gasteiger partial charge in [-0.05, 0) is 39.3 Å². The Labute approximate surface area is 107 Å². The SMILES string of the molecule is CCNC(C)CCCCN1CCOC(CC)C1. The van der Waals surface area contributed by atoms with Gasteiger partial charge in [0.2, 0.25) is 0 Å². The molecular weight excluding hydrogens is 212 g/mol. The smallest absolute Gasteiger partial charge is 0.0700 e. The van der Waals surface area contributed by atoms with Gasteiger partial charge in [-0.2, -0.15) is 0 Å². The molecule has 0 radical (unpaired) electrons. The van der Waals surface area contributed by atoms with Crippen molar-refractivity contribution in [1.29, 1.82) is 0 Å². The summed E-state index contributed by atoms with van der Waals surface area (Å²) in [6, 6.07) is 0.674. The van der Waals surface area contributed by atoms with Crippen LogP contribution in [-0.4, -0.2) is 49.8 Å². The molecule has 2 unspecified atom stereocenters. The lowest BCUT2D eigenvalue weighted by Gasteiger charge is -2.32. The fourth-order valence-electron chi connectivity index (χ4n) is 2.47. The third-order valence-corrected chi connectivity index (χ3v) is 3.59. The van der Waals surface area contributed by atoms with Crippen LogP contribution in [-0.2, 0) is 4.74 Å². The molecule has 0 saturated carbocycles. The molecule has 1 aliphatic rings. The summed E-state index contributed by atoms with van der Waals surface area (Å²) in [6.07, 6.45) is 5.59. The Kier molecular flexibility index (Phi) is 7.82. The molecule has 0 bridgehead atoms. The number of morpholine rings is 1. The molecular formula is C14H30N2O. The molecule has 1 rings (SSSR count). The van der Waals surface area contributed by atoms with Crippen LogP contribution >= 0.6 is 0 Å². The number of hydrogen-bond donors (Lipinski definition) is 1. The van der Waals surface area contributed by atoms with Gasteiger partial charge < -0.3 is 10.1 Å². The van der Waals surface area contributed by atoms with Crippen LogP contribution in [0.15, 0.2) is 0 Å². The van der Waals surface area contributed by atoms with Gasteiger partial charge in [-0.1, -0.05) is 20.3 Å². The third-order valence-electron chi connectivity index (χ3n) is 3.59. The van der Waals surface area contributed by atoms with Crippen LogP contribution < -0.4 is 5.32 Å². The maximum absolute atomic E-state index is 5.68. The van der Waals surface area contributed by atoms with Crippen LogP contribution in [0.5, 0.6) is 0 Å². The van der Waals surface area contributed by atoms with Crippen molar-refractivity contribution in [2.45, 2.75) is 58.6 Å². The lowest BCUT2D eigenvalue weighted by atomic mass is 10.1. The van der Waals surface area contributed by atoms with Gasteiger partial charge in [-0.3, -0.25) is 4.90 Å². The Hall–Kier alpha value is -0.120. The minimum atomic E-state index is 0.476. The second-order valence-electron chi connectivity index (χ2n) is 5.16. The van der Waals surface area contributed by atoms with Crippen LogP contribution in [0.25, 0.3) is 0 Å². The molecule has 1 aliphatic heterocycles. The highest BCUT2D eigenvalue weighted by atomic mass is 16.5. The maximum atomic E-state index is 5.68. The van der Waals surface area contributed by atoms with Crippen molar-refractivity contribution in [3.63, 3.8) is 0 Å². The van der Waals surface area contributed by atoms with Crippen LogP contribution in [0.4, 0.5) is 0 Å². The first-order valence-electron chi connectivity index (χ1n) is 7.33. The fourth-order valence-corrected chi connectivity index (χ4v) is 2.47. The van der Waals surface area contributed by atoms with Crippen molar-refractivity contribution in [2.75, 3.05) is 32.8 Å². The van der Waals surface area contributed by atoms with E-state index in [2.05, 4.69) is 31.0 Å². The van der Waals surface area contributed by atoms with Crippen molar-refractivity contribution in [3.05, 3.63) is 0 Å². The van der Waals surface area contributed by atoms with Gasteiger partial charge in [0.05, 0.1) is 12.7 Å². The van der Waals surface area contributed by atoms with Gasteiger partial charge >= 0.3 is 0 Å². The van der Waals surface area contributed by atoms with E-state index in [0.717, 1.165) is 32.7 Å². The predicted molar refractivity (Wildman–Crippen MR) is 73.5 cm³/mol. The molecule has 102 valence electrons. The summed E-state index contributed by atoms with van der Waals surface area (Å²) in [5.74, 6) is 0. The quantitative estimate of drug-likeness (QED) is 0.661. The molecule has 17 heavy (non-hydrogen) atoms. The van der Waals surface area contributed by atoms with Crippen LogP contribution in [0.1, 0.15) is 46.5 Å². The monoisotopic (exact) mass is 242 g/mol. The summed E-state index contributed by atoms with van der Waals surface area (Å²) in [7, 11) is 0. The molecule has 0 amide bonds. The lowest BCUT2D eigenvalue weighted by Crippen LogP contribution is -2.42. The molecule has 1 saturated heterocycles. The molecule has 0 aliphatic carbocycles. The van der Waals surface area contributed by atoms with Crippen LogP contribution in [0.3, 0.4) is 0 Å². The number of hydrogen-bond acceptors (Lipinski definition) is 3. The van der Waals surface area contributed by atoms with Gasteiger partial charge in [-0.15, -0.1) is 0 Å². The second-order valence-corrected chi connectivity index (χ2v) is 5.16. The van der Waals surface area contributed by atoms with E-state index in [1.54, 1.807) is 0 Å². The molecule has 1 fully saturated rings. The maximum Gasteiger partial charge on any atom is 0.0700 e. The number of unbranched alkanes of at least 4 members (excludes halogenated alkanes) is 1. The Balaban J connectivity index is 2.02. The average molecular weight is 242 g/mol. The summed E-state index contributed by atoms with van der Waals surface area (Å²) < 4.78 is 5.68. The van der Waals surface area contributed by atoms with Crippen LogP contribution in [0.2, 0.25) is 0 Å². The van der Waals surface area contributed by atoms with Gasteiger partial charge in [0.25, 0.3) is 0 Å². The Morgan fingerprint density at radius 2 is 2.18 bits per heavy atom. The highest BCUT2D eigenvalue weighted by Gasteiger charge is 2.17. The van der Waals surface area contributed by atoms with E-state index in [9.17, 15) is 0 Å². The van der Waals surface area contributed by atoms with E-state index in [4.69, 9.17) is 4.74 Å². The standard InChI is InChI=1S/C14H30N2O/c1-4-14-12-16(10-11-17-14)9-7-6-8-13(3)15-5-2/h13-15H,4-12H2,1-3H3. The average Bonchev–Trinajstić information content (AvgIpc) is 2.35. The second kappa shape index (κ2) is 8.90. The van der Waals surface area contributed by atoms with Gasteiger partial charge in [0.15, 0.2) is 0 Å². The summed E-state index contributed by atoms with van der Waals surface area (Å²) in [5, 5.41) is 3.47. The molecule has 3 heteroatoms. The van der Waals surface area contributed by atoms with E-state index < -0.39 is 0 Å². The van der Waals surface area contributed by atoms with Crippen molar-refractivity contribution >= 4 is 0 Å². The third kappa shape index (κ3) is 6.39. The number of nitrogens with one attached hydrogen (secondary N) is 1. The van der Waals surface area contributed by atoms with E-state index in [0.29, 0.717) is 12.1 Å². The highest BCUT2D eigenvalue weighted by Crippen LogP contribution is 2.10. The number of ether oxygens (including phenoxy) is 1. The molecule has 0 spiro atoms. The fraction of sp³-hybridized carbons (Fsp3) is 1.00. The minimum absolute atomic E-state index is 0.476. The molecule has 2 atom stereocenters. The topological polar surface area (TPSA) is 24.5 Å². The summed E-state index contributed by atoms with van der Waals surface area (Å²) in [4.78, 5) is 2.57. The van der Waals surface area contributed by atoms with Crippen molar-refractivity contribution in [1.82, 2.24) is 10.2 Å². The molecule has 3 nitrogen and oxygen atoms in total. The Bertz CT molecular complexity index is 187. The van der Waals surface area contributed by atoms with E-state index in [-0.39, 0.29) is 0 Å². The van der Waals surface area contributed by atoms with E-state index in [1.165, 1.54) is 25.8 Å². The lowest BCUT2D eigenvalue weighted by molar-refractivity contribution is -0.0300. The highest BCUT2D eigenvalue weighted by molar-refractivity contribution is 4.70. The van der Waals surface area contributed by atoms with Gasteiger partial charge in [0, 0.05) is 19.1 Å². The zero-order valence-corrected chi connectivity index (χ0v) is 11.9. The van der Waals surface area contributed by atoms with E-state index in [1.807, 2.05) is 0 Å². The predicted octanol–water partition coefficient (Wildman–Crippen LogP) is 2.27. The number of nitrogens with zero attached hydrogens (tertiary/aromatic N) is 1. The van der Waals surface area contributed by atoms with Crippen molar-refractivity contribution in [3.8, 4) is 0 Å². The molecule has 0 aromatic rings. The molecule has 0 aromatic heterocycles. The summed E-state index contributed by atoms with van der Waals surface area (Å²) in [6.45, 7) is 12.2. The van der Waals surface area contributed by atoms with Crippen molar-refractivity contribution in [2.24, 2.45) is 0 Å². The zero-order chi connectivity index (χ0) is 12.5. The van der Waals surface area contributed by atoms with Crippen LogP contribution in [0, 0.1) is 0 Å².